The molecule has 1 N–H and O–H groups in total. The van der Waals surface area contributed by atoms with Crippen LogP contribution in [0.1, 0.15) is 5.56 Å². The van der Waals surface area contributed by atoms with Gasteiger partial charge in [-0.05, 0) is 35.7 Å². The molecular formula is C18H13N. The summed E-state index contributed by atoms with van der Waals surface area (Å²) in [4.78, 5) is 0. The zero-order chi connectivity index (χ0) is 13.1. The van der Waals surface area contributed by atoms with E-state index in [-0.39, 0.29) is 0 Å². The van der Waals surface area contributed by atoms with Crippen LogP contribution in [0.5, 0.6) is 0 Å². The van der Waals surface area contributed by atoms with Crippen molar-refractivity contribution in [2.45, 2.75) is 0 Å². The molecule has 1 nitrogen and oxygen atoms in total. The molecule has 0 bridgehead atoms. The van der Waals surface area contributed by atoms with Gasteiger partial charge in [0.2, 0.25) is 0 Å². The molecule has 0 unspecified atom stereocenters. The second-order valence-corrected chi connectivity index (χ2v) is 4.37. The van der Waals surface area contributed by atoms with Crippen LogP contribution in [-0.4, -0.2) is 0 Å². The van der Waals surface area contributed by atoms with Crippen LogP contribution in [0.4, 0.5) is 11.4 Å². The maximum atomic E-state index is 5.36. The van der Waals surface area contributed by atoms with E-state index in [4.69, 9.17) is 6.42 Å². The predicted molar refractivity (Wildman–Crippen MR) is 81.6 cm³/mol. The van der Waals surface area contributed by atoms with Crippen LogP contribution in [0.15, 0.2) is 66.7 Å². The minimum atomic E-state index is 0.892. The summed E-state index contributed by atoms with van der Waals surface area (Å²) in [5.41, 5.74) is 3.03. The highest BCUT2D eigenvalue weighted by Gasteiger charge is 2.00. The first-order chi connectivity index (χ1) is 9.36. The van der Waals surface area contributed by atoms with Gasteiger partial charge >= 0.3 is 0 Å². The Morgan fingerprint density at radius 2 is 1.53 bits per heavy atom. The third-order valence-electron chi connectivity index (χ3n) is 3.12. The summed E-state index contributed by atoms with van der Waals surface area (Å²) in [7, 11) is 0. The number of benzene rings is 3. The Morgan fingerprint density at radius 3 is 2.32 bits per heavy atom. The van der Waals surface area contributed by atoms with Crippen molar-refractivity contribution >= 4 is 22.1 Å². The maximum absolute atomic E-state index is 5.36. The smallest absolute Gasteiger partial charge is 0.0463 e. The van der Waals surface area contributed by atoms with Crippen molar-refractivity contribution in [3.05, 3.63) is 72.3 Å². The van der Waals surface area contributed by atoms with E-state index < -0.39 is 0 Å². The summed E-state index contributed by atoms with van der Waals surface area (Å²) in [6, 6.07) is 22.5. The van der Waals surface area contributed by atoms with Crippen LogP contribution < -0.4 is 5.32 Å². The zero-order valence-electron chi connectivity index (χ0n) is 10.4. The number of hydrogen-bond acceptors (Lipinski definition) is 1. The van der Waals surface area contributed by atoms with E-state index in [0.717, 1.165) is 16.9 Å². The summed E-state index contributed by atoms with van der Waals surface area (Å²) < 4.78 is 0. The third-order valence-corrected chi connectivity index (χ3v) is 3.12. The molecule has 0 heterocycles. The van der Waals surface area contributed by atoms with Gasteiger partial charge in [-0.25, -0.2) is 0 Å². The van der Waals surface area contributed by atoms with Crippen LogP contribution in [-0.2, 0) is 0 Å². The fourth-order valence-corrected chi connectivity index (χ4v) is 2.14. The Morgan fingerprint density at radius 1 is 0.789 bits per heavy atom. The Bertz CT molecular complexity index is 743. The first-order valence-corrected chi connectivity index (χ1v) is 6.18. The SMILES string of the molecule is C#Cc1ccc(Nc2cccc3ccccc23)cc1. The molecule has 19 heavy (non-hydrogen) atoms. The van der Waals surface area contributed by atoms with Gasteiger partial charge in [0.05, 0.1) is 0 Å². The van der Waals surface area contributed by atoms with Gasteiger partial charge in [-0.2, -0.15) is 0 Å². The topological polar surface area (TPSA) is 12.0 Å². The molecule has 0 aliphatic rings. The van der Waals surface area contributed by atoms with E-state index in [1.807, 2.05) is 30.3 Å². The lowest BCUT2D eigenvalue weighted by Gasteiger charge is -2.09. The van der Waals surface area contributed by atoms with Crippen molar-refractivity contribution in [1.29, 1.82) is 0 Å². The molecule has 90 valence electrons. The molecule has 0 saturated carbocycles. The second-order valence-electron chi connectivity index (χ2n) is 4.37. The summed E-state index contributed by atoms with van der Waals surface area (Å²) in [6.07, 6.45) is 5.36. The van der Waals surface area contributed by atoms with Crippen molar-refractivity contribution in [1.82, 2.24) is 0 Å². The van der Waals surface area contributed by atoms with Gasteiger partial charge in [-0.15, -0.1) is 6.42 Å². The average molecular weight is 243 g/mol. The molecular weight excluding hydrogens is 230 g/mol. The molecule has 3 aromatic rings. The van der Waals surface area contributed by atoms with Crippen molar-refractivity contribution in [2.75, 3.05) is 5.32 Å². The number of rotatable bonds is 2. The van der Waals surface area contributed by atoms with Crippen molar-refractivity contribution in [3.63, 3.8) is 0 Å². The fraction of sp³-hybridized carbons (Fsp3) is 0. The van der Waals surface area contributed by atoms with Gasteiger partial charge in [-0.3, -0.25) is 0 Å². The van der Waals surface area contributed by atoms with Crippen LogP contribution in [0, 0.1) is 12.3 Å². The maximum Gasteiger partial charge on any atom is 0.0463 e. The first-order valence-electron chi connectivity index (χ1n) is 6.18. The minimum Gasteiger partial charge on any atom is -0.355 e. The Labute approximate surface area is 112 Å². The predicted octanol–water partition coefficient (Wildman–Crippen LogP) is 4.56. The lowest BCUT2D eigenvalue weighted by atomic mass is 10.1. The van der Waals surface area contributed by atoms with E-state index in [0.29, 0.717) is 0 Å². The molecule has 0 atom stereocenters. The molecule has 0 spiro atoms. The van der Waals surface area contributed by atoms with Gasteiger partial charge in [0.1, 0.15) is 0 Å². The Hall–Kier alpha value is -2.72. The number of nitrogens with one attached hydrogen (secondary N) is 1. The molecule has 0 amide bonds. The molecule has 0 aromatic heterocycles. The zero-order valence-corrected chi connectivity index (χ0v) is 10.4. The van der Waals surface area contributed by atoms with Gasteiger partial charge in [0.15, 0.2) is 0 Å². The van der Waals surface area contributed by atoms with Gasteiger partial charge in [0.25, 0.3) is 0 Å². The number of fused-ring (bicyclic) bond motifs is 1. The number of anilines is 2. The average Bonchev–Trinajstić information content (AvgIpc) is 2.48. The van der Waals surface area contributed by atoms with Crippen molar-refractivity contribution in [2.24, 2.45) is 0 Å². The summed E-state index contributed by atoms with van der Waals surface area (Å²) >= 11 is 0. The molecule has 3 aromatic carbocycles. The Kier molecular flexibility index (Phi) is 2.92. The number of hydrogen-bond donors (Lipinski definition) is 1. The van der Waals surface area contributed by atoms with Crippen molar-refractivity contribution < 1.29 is 0 Å². The monoisotopic (exact) mass is 243 g/mol. The normalized spacial score (nSPS) is 10.1. The van der Waals surface area contributed by atoms with Crippen LogP contribution in [0.3, 0.4) is 0 Å². The molecule has 0 saturated heterocycles. The lowest BCUT2D eigenvalue weighted by Crippen LogP contribution is -1.91. The Balaban J connectivity index is 1.99. The van der Waals surface area contributed by atoms with E-state index in [1.54, 1.807) is 0 Å². The van der Waals surface area contributed by atoms with Crippen LogP contribution >= 0.6 is 0 Å². The third kappa shape index (κ3) is 2.29. The largest absolute Gasteiger partial charge is 0.355 e. The standard InChI is InChI=1S/C18H13N/c1-2-14-10-12-16(13-11-14)19-18-9-5-7-15-6-3-4-8-17(15)18/h1,3-13,19H. The quantitative estimate of drug-likeness (QED) is 0.650. The van der Waals surface area contributed by atoms with E-state index in [1.165, 1.54) is 10.8 Å². The van der Waals surface area contributed by atoms with Crippen LogP contribution in [0.2, 0.25) is 0 Å². The van der Waals surface area contributed by atoms with E-state index in [2.05, 4.69) is 47.6 Å². The van der Waals surface area contributed by atoms with Gasteiger partial charge in [0, 0.05) is 22.3 Å². The summed E-state index contributed by atoms with van der Waals surface area (Å²) in [5, 5.41) is 5.87. The van der Waals surface area contributed by atoms with E-state index >= 15 is 0 Å². The fourth-order valence-electron chi connectivity index (χ4n) is 2.14. The van der Waals surface area contributed by atoms with Crippen molar-refractivity contribution in [3.8, 4) is 12.3 Å². The van der Waals surface area contributed by atoms with Crippen LogP contribution in [0.25, 0.3) is 10.8 Å². The highest BCUT2D eigenvalue weighted by molar-refractivity contribution is 5.95. The highest BCUT2D eigenvalue weighted by atomic mass is 14.9. The van der Waals surface area contributed by atoms with Gasteiger partial charge < -0.3 is 5.32 Å². The second kappa shape index (κ2) is 4.88. The molecule has 0 aliphatic carbocycles. The summed E-state index contributed by atoms with van der Waals surface area (Å²) in [6.45, 7) is 0. The summed E-state index contributed by atoms with van der Waals surface area (Å²) in [5.74, 6) is 2.62. The molecule has 3 rings (SSSR count). The lowest BCUT2D eigenvalue weighted by molar-refractivity contribution is 1.56. The molecule has 1 heteroatoms. The molecule has 0 aliphatic heterocycles. The highest BCUT2D eigenvalue weighted by Crippen LogP contribution is 2.26. The molecule has 0 fully saturated rings. The van der Waals surface area contributed by atoms with E-state index in [9.17, 15) is 0 Å². The minimum absolute atomic E-state index is 0.892. The first kappa shape index (κ1) is 11.4. The number of terminal acetylenes is 1. The molecule has 0 radical (unpaired) electrons. The van der Waals surface area contributed by atoms with Gasteiger partial charge in [-0.1, -0.05) is 42.3 Å².